The van der Waals surface area contributed by atoms with Gasteiger partial charge in [0, 0.05) is 22.8 Å². The number of nitrogens with one attached hydrogen (secondary N) is 2. The van der Waals surface area contributed by atoms with Gasteiger partial charge in [-0.15, -0.1) is 11.8 Å². The van der Waals surface area contributed by atoms with Crippen LogP contribution in [0.4, 0.5) is 5.69 Å². The average Bonchev–Trinajstić information content (AvgIpc) is 2.72. The van der Waals surface area contributed by atoms with E-state index in [1.807, 2.05) is 6.92 Å². The van der Waals surface area contributed by atoms with Gasteiger partial charge in [0.1, 0.15) is 0 Å². The Labute approximate surface area is 145 Å². The first-order chi connectivity index (χ1) is 11.5. The summed E-state index contributed by atoms with van der Waals surface area (Å²) in [6, 6.07) is 10.1. The lowest BCUT2D eigenvalue weighted by atomic mass is 10.2. The Morgan fingerprint density at radius 2 is 2.17 bits per heavy atom. The van der Waals surface area contributed by atoms with Crippen LogP contribution in [0.2, 0.25) is 0 Å². The molecular weight excluding hydrogens is 346 g/mol. The first-order valence-corrected chi connectivity index (χ1v) is 9.90. The molecule has 0 unspecified atom stereocenters. The maximum Gasteiger partial charge on any atom is 0.240 e. The van der Waals surface area contributed by atoms with Crippen molar-refractivity contribution in [3.8, 4) is 0 Å². The van der Waals surface area contributed by atoms with E-state index < -0.39 is 10.0 Å². The van der Waals surface area contributed by atoms with Gasteiger partial charge in [-0.3, -0.25) is 9.78 Å². The van der Waals surface area contributed by atoms with Crippen molar-refractivity contribution in [2.75, 3.05) is 11.1 Å². The summed E-state index contributed by atoms with van der Waals surface area (Å²) in [6.07, 6.45) is 1.61. The molecule has 0 fully saturated rings. The van der Waals surface area contributed by atoms with E-state index in [4.69, 9.17) is 0 Å². The summed E-state index contributed by atoms with van der Waals surface area (Å²) in [5.41, 5.74) is 1.17. The van der Waals surface area contributed by atoms with E-state index in [2.05, 4.69) is 15.0 Å². The van der Waals surface area contributed by atoms with Gasteiger partial charge in [0.2, 0.25) is 15.9 Å². The summed E-state index contributed by atoms with van der Waals surface area (Å²) in [7, 11) is -3.69. The number of hydrogen-bond donors (Lipinski definition) is 2. The van der Waals surface area contributed by atoms with E-state index in [1.165, 1.54) is 6.07 Å². The molecule has 0 bridgehead atoms. The maximum absolute atomic E-state index is 12.5. The molecule has 0 radical (unpaired) electrons. The van der Waals surface area contributed by atoms with Gasteiger partial charge in [-0.25, -0.2) is 13.1 Å². The van der Waals surface area contributed by atoms with Crippen LogP contribution in [0, 0.1) is 5.92 Å². The number of anilines is 1. The highest BCUT2D eigenvalue weighted by Gasteiger charge is 2.22. The molecule has 0 saturated carbocycles. The molecule has 0 aliphatic carbocycles. The fourth-order valence-electron chi connectivity index (χ4n) is 2.20. The fourth-order valence-corrected chi connectivity index (χ4v) is 4.24. The first-order valence-electron chi connectivity index (χ1n) is 7.43. The third-order valence-corrected chi connectivity index (χ3v) is 6.36. The fraction of sp³-hybridized carbons (Fsp3) is 0.250. The Bertz CT molecular complexity index is 854. The van der Waals surface area contributed by atoms with Gasteiger partial charge in [0.15, 0.2) is 0 Å². The zero-order valence-electron chi connectivity index (χ0n) is 13.0. The molecule has 2 heterocycles. The Kier molecular flexibility index (Phi) is 4.88. The van der Waals surface area contributed by atoms with Crippen molar-refractivity contribution in [2.24, 2.45) is 5.92 Å². The second-order valence-corrected chi connectivity index (χ2v) is 8.33. The number of carbonyl (C=O) groups is 1. The van der Waals surface area contributed by atoms with E-state index in [-0.39, 0.29) is 23.3 Å². The molecule has 0 saturated heterocycles. The molecule has 1 amide bonds. The minimum atomic E-state index is -3.69. The molecule has 1 aliphatic heterocycles. The zero-order valence-corrected chi connectivity index (χ0v) is 14.7. The predicted octanol–water partition coefficient (Wildman–Crippen LogP) is 2.24. The molecule has 8 heteroatoms. The third-order valence-electron chi connectivity index (χ3n) is 3.63. The lowest BCUT2D eigenvalue weighted by Gasteiger charge is -2.11. The standard InChI is InChI=1S/C16H17N3O3S2/c1-11-10-23-15-6-5-13(8-14(15)19-16(11)20)24(21,22)18-9-12-4-2-3-7-17-12/h2-8,11,18H,9-10H2,1H3,(H,19,20)/t11-/m0/s1. The Morgan fingerprint density at radius 1 is 1.33 bits per heavy atom. The van der Waals surface area contributed by atoms with Crippen molar-refractivity contribution in [1.82, 2.24) is 9.71 Å². The van der Waals surface area contributed by atoms with Gasteiger partial charge in [0.05, 0.1) is 22.8 Å². The largest absolute Gasteiger partial charge is 0.325 e. The lowest BCUT2D eigenvalue weighted by molar-refractivity contribution is -0.118. The number of amides is 1. The third kappa shape index (κ3) is 3.77. The summed E-state index contributed by atoms with van der Waals surface area (Å²) < 4.78 is 27.5. The zero-order chi connectivity index (χ0) is 17.2. The van der Waals surface area contributed by atoms with E-state index in [9.17, 15) is 13.2 Å². The van der Waals surface area contributed by atoms with Crippen LogP contribution < -0.4 is 10.0 Å². The molecule has 126 valence electrons. The minimum absolute atomic E-state index is 0.0998. The molecule has 2 aromatic rings. The van der Waals surface area contributed by atoms with Crippen molar-refractivity contribution >= 4 is 33.4 Å². The molecule has 1 aromatic carbocycles. The quantitative estimate of drug-likeness (QED) is 0.870. The minimum Gasteiger partial charge on any atom is -0.325 e. The van der Waals surface area contributed by atoms with Crippen LogP contribution in [-0.2, 0) is 21.4 Å². The van der Waals surface area contributed by atoms with E-state index in [0.29, 0.717) is 17.1 Å². The van der Waals surface area contributed by atoms with Gasteiger partial charge in [-0.05, 0) is 30.3 Å². The topological polar surface area (TPSA) is 88.2 Å². The first kappa shape index (κ1) is 16.9. The second-order valence-electron chi connectivity index (χ2n) is 5.50. The predicted molar refractivity (Wildman–Crippen MR) is 93.2 cm³/mol. The van der Waals surface area contributed by atoms with Crippen molar-refractivity contribution in [3.63, 3.8) is 0 Å². The van der Waals surface area contributed by atoms with Crippen molar-refractivity contribution in [2.45, 2.75) is 23.3 Å². The number of rotatable bonds is 4. The molecular formula is C16H17N3O3S2. The second kappa shape index (κ2) is 6.92. The number of thioether (sulfide) groups is 1. The van der Waals surface area contributed by atoms with Crippen LogP contribution in [-0.4, -0.2) is 25.1 Å². The lowest BCUT2D eigenvalue weighted by Crippen LogP contribution is -2.24. The number of pyridine rings is 1. The molecule has 1 atom stereocenters. The van der Waals surface area contributed by atoms with Crippen LogP contribution in [0.5, 0.6) is 0 Å². The highest BCUT2D eigenvalue weighted by atomic mass is 32.2. The molecule has 24 heavy (non-hydrogen) atoms. The molecule has 0 spiro atoms. The molecule has 1 aliphatic rings. The summed E-state index contributed by atoms with van der Waals surface area (Å²) in [6.45, 7) is 1.96. The number of fused-ring (bicyclic) bond motifs is 1. The van der Waals surface area contributed by atoms with Gasteiger partial charge in [0.25, 0.3) is 0 Å². The van der Waals surface area contributed by atoms with Gasteiger partial charge in [-0.1, -0.05) is 13.0 Å². The summed E-state index contributed by atoms with van der Waals surface area (Å²) >= 11 is 1.54. The van der Waals surface area contributed by atoms with Crippen LogP contribution >= 0.6 is 11.8 Å². The van der Waals surface area contributed by atoms with Gasteiger partial charge < -0.3 is 5.32 Å². The van der Waals surface area contributed by atoms with Crippen molar-refractivity contribution in [3.05, 3.63) is 48.3 Å². The number of benzene rings is 1. The number of nitrogens with zero attached hydrogens (tertiary/aromatic N) is 1. The maximum atomic E-state index is 12.5. The summed E-state index contributed by atoms with van der Waals surface area (Å²) in [4.78, 5) is 17.0. The van der Waals surface area contributed by atoms with Gasteiger partial charge in [-0.2, -0.15) is 0 Å². The molecule has 6 nitrogen and oxygen atoms in total. The highest BCUT2D eigenvalue weighted by Crippen LogP contribution is 2.34. The van der Waals surface area contributed by atoms with Crippen molar-refractivity contribution in [1.29, 1.82) is 0 Å². The SMILES string of the molecule is C[C@H]1CSc2ccc(S(=O)(=O)NCc3ccccn3)cc2NC1=O. The molecule has 1 aromatic heterocycles. The highest BCUT2D eigenvalue weighted by molar-refractivity contribution is 7.99. The Hall–Kier alpha value is -1.90. The summed E-state index contributed by atoms with van der Waals surface area (Å²) in [5.74, 6) is 0.449. The van der Waals surface area contributed by atoms with Crippen LogP contribution in [0.3, 0.4) is 0 Å². The van der Waals surface area contributed by atoms with E-state index in [0.717, 1.165) is 4.90 Å². The number of hydrogen-bond acceptors (Lipinski definition) is 5. The average molecular weight is 363 g/mol. The van der Waals surface area contributed by atoms with Crippen LogP contribution in [0.15, 0.2) is 52.4 Å². The number of carbonyl (C=O) groups excluding carboxylic acids is 1. The monoisotopic (exact) mass is 363 g/mol. The van der Waals surface area contributed by atoms with Crippen LogP contribution in [0.1, 0.15) is 12.6 Å². The van der Waals surface area contributed by atoms with E-state index >= 15 is 0 Å². The smallest absolute Gasteiger partial charge is 0.240 e. The Morgan fingerprint density at radius 3 is 2.92 bits per heavy atom. The van der Waals surface area contributed by atoms with Crippen molar-refractivity contribution < 1.29 is 13.2 Å². The molecule has 2 N–H and O–H groups in total. The normalized spacial score (nSPS) is 17.7. The Balaban J connectivity index is 1.81. The van der Waals surface area contributed by atoms with Crippen LogP contribution in [0.25, 0.3) is 0 Å². The summed E-state index contributed by atoms with van der Waals surface area (Å²) in [5, 5.41) is 2.79. The van der Waals surface area contributed by atoms with Gasteiger partial charge >= 0.3 is 0 Å². The number of aromatic nitrogens is 1. The molecule has 3 rings (SSSR count). The number of sulfonamides is 1. The van der Waals surface area contributed by atoms with E-state index in [1.54, 1.807) is 48.3 Å².